The van der Waals surface area contributed by atoms with Crippen molar-refractivity contribution in [1.29, 1.82) is 0 Å². The van der Waals surface area contributed by atoms with Gasteiger partial charge < -0.3 is 9.84 Å². The summed E-state index contributed by atoms with van der Waals surface area (Å²) in [7, 11) is 0. The maximum Gasteiger partial charge on any atom is 0.128 e. The van der Waals surface area contributed by atoms with Crippen LogP contribution in [0.4, 0.5) is 4.39 Å². The SMILES string of the molecule is OC(c1cc(F)cc(Br)c1)c1cc(Br)cc2c1OCC2. The summed E-state index contributed by atoms with van der Waals surface area (Å²) < 4.78 is 20.6. The van der Waals surface area contributed by atoms with E-state index in [1.165, 1.54) is 12.1 Å². The number of fused-ring (bicyclic) bond motifs is 1. The Morgan fingerprint density at radius 2 is 1.85 bits per heavy atom. The number of hydrogen-bond acceptors (Lipinski definition) is 2. The lowest BCUT2D eigenvalue weighted by atomic mass is 9.98. The van der Waals surface area contributed by atoms with E-state index in [-0.39, 0.29) is 5.82 Å². The number of ether oxygens (including phenoxy) is 1. The molecule has 2 nitrogen and oxygen atoms in total. The van der Waals surface area contributed by atoms with Crippen LogP contribution in [-0.4, -0.2) is 11.7 Å². The Balaban J connectivity index is 2.08. The molecule has 1 unspecified atom stereocenters. The Kier molecular flexibility index (Phi) is 3.84. The normalized spacial score (nSPS) is 14.8. The first kappa shape index (κ1) is 14.0. The fourth-order valence-electron chi connectivity index (χ4n) is 2.41. The number of aliphatic hydroxyl groups is 1. The zero-order valence-electron chi connectivity index (χ0n) is 10.4. The van der Waals surface area contributed by atoms with Crippen molar-refractivity contribution in [2.24, 2.45) is 0 Å². The van der Waals surface area contributed by atoms with Crippen molar-refractivity contribution < 1.29 is 14.2 Å². The van der Waals surface area contributed by atoms with E-state index in [2.05, 4.69) is 31.9 Å². The molecule has 1 heterocycles. The zero-order valence-corrected chi connectivity index (χ0v) is 13.5. The van der Waals surface area contributed by atoms with E-state index in [0.717, 1.165) is 16.5 Å². The van der Waals surface area contributed by atoms with E-state index >= 15 is 0 Å². The molecule has 2 aromatic rings. The Bertz CT molecular complexity index is 653. The maximum absolute atomic E-state index is 13.5. The van der Waals surface area contributed by atoms with Gasteiger partial charge in [-0.1, -0.05) is 31.9 Å². The average Bonchev–Trinajstić information content (AvgIpc) is 2.83. The van der Waals surface area contributed by atoms with Crippen molar-refractivity contribution in [3.63, 3.8) is 0 Å². The number of aliphatic hydroxyl groups excluding tert-OH is 1. The van der Waals surface area contributed by atoms with Crippen LogP contribution in [0.1, 0.15) is 22.8 Å². The number of halogens is 3. The summed E-state index contributed by atoms with van der Waals surface area (Å²) in [5, 5.41) is 10.5. The van der Waals surface area contributed by atoms with Gasteiger partial charge in [0.2, 0.25) is 0 Å². The van der Waals surface area contributed by atoms with E-state index in [1.54, 1.807) is 6.07 Å². The fourth-order valence-corrected chi connectivity index (χ4v) is 3.42. The standard InChI is InChI=1S/C15H11Br2FO2/c16-10-4-9(5-12(18)6-10)14(19)13-7-11(17)3-8-1-2-20-15(8)13/h3-7,14,19H,1-2H2. The van der Waals surface area contributed by atoms with Crippen LogP contribution >= 0.6 is 31.9 Å². The van der Waals surface area contributed by atoms with Crippen molar-refractivity contribution in [3.05, 3.63) is 61.8 Å². The molecular formula is C15H11Br2FO2. The minimum Gasteiger partial charge on any atom is -0.493 e. The second kappa shape index (κ2) is 5.47. The fraction of sp³-hybridized carbons (Fsp3) is 0.200. The molecule has 1 atom stereocenters. The number of rotatable bonds is 2. The third-order valence-corrected chi connectivity index (χ3v) is 4.19. The lowest BCUT2D eigenvalue weighted by molar-refractivity contribution is 0.213. The highest BCUT2D eigenvalue weighted by Crippen LogP contribution is 2.39. The first-order chi connectivity index (χ1) is 9.54. The minimum absolute atomic E-state index is 0.388. The Morgan fingerprint density at radius 1 is 1.10 bits per heavy atom. The van der Waals surface area contributed by atoms with Crippen LogP contribution in [0, 0.1) is 5.82 Å². The van der Waals surface area contributed by atoms with Gasteiger partial charge in [0.05, 0.1) is 6.61 Å². The summed E-state index contributed by atoms with van der Waals surface area (Å²) in [6, 6.07) is 8.19. The molecule has 0 aliphatic carbocycles. The van der Waals surface area contributed by atoms with Gasteiger partial charge in [0.1, 0.15) is 17.7 Å². The summed E-state index contributed by atoms with van der Waals surface area (Å²) in [4.78, 5) is 0. The highest BCUT2D eigenvalue weighted by molar-refractivity contribution is 9.10. The number of hydrogen-bond donors (Lipinski definition) is 1. The lowest BCUT2D eigenvalue weighted by Gasteiger charge is -2.16. The van der Waals surface area contributed by atoms with Crippen molar-refractivity contribution in [2.75, 3.05) is 6.61 Å². The molecule has 104 valence electrons. The molecule has 0 aromatic heterocycles. The number of benzene rings is 2. The molecular weight excluding hydrogens is 391 g/mol. The van der Waals surface area contributed by atoms with Crippen molar-refractivity contribution in [2.45, 2.75) is 12.5 Å². The Hall–Kier alpha value is -0.910. The van der Waals surface area contributed by atoms with Crippen LogP contribution in [0.3, 0.4) is 0 Å². The molecule has 0 spiro atoms. The summed E-state index contributed by atoms with van der Waals surface area (Å²) in [6.45, 7) is 0.609. The van der Waals surface area contributed by atoms with Gasteiger partial charge in [-0.2, -0.15) is 0 Å². The smallest absolute Gasteiger partial charge is 0.128 e. The lowest BCUT2D eigenvalue weighted by Crippen LogP contribution is -2.03. The molecule has 0 bridgehead atoms. The van der Waals surface area contributed by atoms with E-state index in [9.17, 15) is 9.50 Å². The molecule has 1 N–H and O–H groups in total. The van der Waals surface area contributed by atoms with Crippen LogP contribution in [0.5, 0.6) is 5.75 Å². The second-order valence-electron chi connectivity index (χ2n) is 4.69. The molecule has 0 amide bonds. The highest BCUT2D eigenvalue weighted by atomic mass is 79.9. The second-order valence-corrected chi connectivity index (χ2v) is 6.52. The van der Waals surface area contributed by atoms with Gasteiger partial charge in [-0.3, -0.25) is 0 Å². The average molecular weight is 402 g/mol. The predicted octanol–water partition coefficient (Wildman–Crippen LogP) is 4.37. The molecule has 0 saturated carbocycles. The van der Waals surface area contributed by atoms with Crippen LogP contribution in [0.2, 0.25) is 0 Å². The monoisotopic (exact) mass is 400 g/mol. The maximum atomic E-state index is 13.5. The highest BCUT2D eigenvalue weighted by Gasteiger charge is 2.23. The molecule has 0 fully saturated rings. The van der Waals surface area contributed by atoms with Crippen LogP contribution in [-0.2, 0) is 6.42 Å². The Morgan fingerprint density at radius 3 is 2.60 bits per heavy atom. The third kappa shape index (κ3) is 2.62. The van der Waals surface area contributed by atoms with E-state index in [0.29, 0.717) is 28.0 Å². The van der Waals surface area contributed by atoms with Crippen LogP contribution in [0.15, 0.2) is 39.3 Å². The van der Waals surface area contributed by atoms with Gasteiger partial charge in [0, 0.05) is 20.9 Å². The zero-order chi connectivity index (χ0) is 14.3. The van der Waals surface area contributed by atoms with Crippen molar-refractivity contribution in [3.8, 4) is 5.75 Å². The minimum atomic E-state index is -0.925. The molecule has 1 aliphatic rings. The van der Waals surface area contributed by atoms with E-state index < -0.39 is 6.10 Å². The van der Waals surface area contributed by atoms with Gasteiger partial charge in [-0.25, -0.2) is 4.39 Å². The van der Waals surface area contributed by atoms with Gasteiger partial charge >= 0.3 is 0 Å². The largest absolute Gasteiger partial charge is 0.493 e. The Labute approximate surface area is 132 Å². The van der Waals surface area contributed by atoms with Crippen molar-refractivity contribution in [1.82, 2.24) is 0 Å². The quantitative estimate of drug-likeness (QED) is 0.809. The first-order valence-corrected chi connectivity index (χ1v) is 7.72. The van der Waals surface area contributed by atoms with Gasteiger partial charge in [-0.05, 0) is 41.5 Å². The molecule has 3 rings (SSSR count). The van der Waals surface area contributed by atoms with Crippen LogP contribution in [0.25, 0.3) is 0 Å². The van der Waals surface area contributed by atoms with Gasteiger partial charge in [0.15, 0.2) is 0 Å². The van der Waals surface area contributed by atoms with E-state index in [4.69, 9.17) is 4.74 Å². The van der Waals surface area contributed by atoms with E-state index in [1.807, 2.05) is 12.1 Å². The van der Waals surface area contributed by atoms with Gasteiger partial charge in [-0.15, -0.1) is 0 Å². The van der Waals surface area contributed by atoms with Gasteiger partial charge in [0.25, 0.3) is 0 Å². The predicted molar refractivity (Wildman–Crippen MR) is 81.5 cm³/mol. The molecule has 0 saturated heterocycles. The third-order valence-electron chi connectivity index (χ3n) is 3.27. The summed E-state index contributed by atoms with van der Waals surface area (Å²) in [6.07, 6.45) is -0.104. The summed E-state index contributed by atoms with van der Waals surface area (Å²) in [5.41, 5.74) is 2.21. The molecule has 20 heavy (non-hydrogen) atoms. The molecule has 1 aliphatic heterocycles. The summed E-state index contributed by atoms with van der Waals surface area (Å²) >= 11 is 6.67. The molecule has 2 aromatic carbocycles. The van der Waals surface area contributed by atoms with Crippen LogP contribution < -0.4 is 4.74 Å². The topological polar surface area (TPSA) is 29.5 Å². The summed E-state index contributed by atoms with van der Waals surface area (Å²) in [5.74, 6) is 0.321. The molecule has 0 radical (unpaired) electrons. The first-order valence-electron chi connectivity index (χ1n) is 6.14. The van der Waals surface area contributed by atoms with Crippen molar-refractivity contribution >= 4 is 31.9 Å². The molecule has 5 heteroatoms.